The normalized spacial score (nSPS) is 21.0. The molecule has 2 saturated heterocycles. The van der Waals surface area contributed by atoms with Gasteiger partial charge >= 0.3 is 12.1 Å². The third kappa shape index (κ3) is 4.78. The van der Waals surface area contributed by atoms with Crippen LogP contribution in [0.5, 0.6) is 0 Å². The zero-order chi connectivity index (χ0) is 21.9. The number of hydrogen-bond acceptors (Lipinski definition) is 5. The first-order chi connectivity index (χ1) is 14.1. The number of carboxylic acid groups (broad SMARTS) is 1. The van der Waals surface area contributed by atoms with Gasteiger partial charge in [-0.1, -0.05) is 0 Å². The maximum Gasteiger partial charge on any atom is 0.490 e. The lowest BCUT2D eigenvalue weighted by Crippen LogP contribution is -2.34. The number of alkyl halides is 3. The molecule has 11 heteroatoms. The van der Waals surface area contributed by atoms with Crippen LogP contribution in [0.1, 0.15) is 23.2 Å². The predicted octanol–water partition coefficient (Wildman–Crippen LogP) is 3.05. The van der Waals surface area contributed by atoms with Crippen molar-refractivity contribution in [2.75, 3.05) is 24.5 Å². The number of rotatable bonds is 2. The van der Waals surface area contributed by atoms with Crippen molar-refractivity contribution in [1.29, 1.82) is 0 Å². The summed E-state index contributed by atoms with van der Waals surface area (Å²) in [6.07, 6.45) is -0.397. The molecule has 7 nitrogen and oxygen atoms in total. The maximum atomic E-state index is 12.6. The first-order valence-corrected chi connectivity index (χ1v) is 9.88. The van der Waals surface area contributed by atoms with Crippen LogP contribution in [-0.2, 0) is 9.59 Å². The molecular formula is C19H18F3N3O4S. The summed E-state index contributed by atoms with van der Waals surface area (Å²) in [7, 11) is 0. The Hall–Kier alpha value is -2.95. The van der Waals surface area contributed by atoms with E-state index in [2.05, 4.69) is 4.98 Å². The highest BCUT2D eigenvalue weighted by molar-refractivity contribution is 7.08. The number of halogens is 3. The Bertz CT molecular complexity index is 921. The van der Waals surface area contributed by atoms with E-state index in [-0.39, 0.29) is 17.2 Å². The van der Waals surface area contributed by atoms with Crippen molar-refractivity contribution in [3.63, 3.8) is 0 Å². The van der Waals surface area contributed by atoms with Crippen LogP contribution in [0, 0.1) is 5.41 Å². The zero-order valence-corrected chi connectivity index (χ0v) is 16.4. The molecule has 2 aliphatic rings. The fourth-order valence-corrected chi connectivity index (χ4v) is 4.24. The summed E-state index contributed by atoms with van der Waals surface area (Å²) in [5.74, 6) is -2.56. The fourth-order valence-electron chi connectivity index (χ4n) is 3.60. The van der Waals surface area contributed by atoms with E-state index in [0.29, 0.717) is 31.6 Å². The molecule has 2 fully saturated rings. The van der Waals surface area contributed by atoms with Gasteiger partial charge < -0.3 is 14.9 Å². The van der Waals surface area contributed by atoms with Crippen molar-refractivity contribution < 1.29 is 32.7 Å². The Kier molecular flexibility index (Phi) is 6.11. The zero-order valence-electron chi connectivity index (χ0n) is 15.6. The third-order valence-corrected chi connectivity index (χ3v) is 5.70. The van der Waals surface area contributed by atoms with E-state index >= 15 is 0 Å². The van der Waals surface area contributed by atoms with Crippen molar-refractivity contribution in [1.82, 2.24) is 9.88 Å². The molecule has 1 unspecified atom stereocenters. The van der Waals surface area contributed by atoms with Gasteiger partial charge in [-0.05, 0) is 30.0 Å². The molecule has 4 heterocycles. The first kappa shape index (κ1) is 21.8. The first-order valence-electron chi connectivity index (χ1n) is 8.93. The molecule has 0 saturated carbocycles. The second kappa shape index (κ2) is 8.42. The average molecular weight is 441 g/mol. The van der Waals surface area contributed by atoms with Crippen molar-refractivity contribution in [3.8, 4) is 0 Å². The predicted molar refractivity (Wildman–Crippen MR) is 102 cm³/mol. The standard InChI is InChI=1S/C17H17N3O2S.C2HF3O2/c21-15-9-17(12-20(15)14-3-8-23-10-14)4-7-19(11-17)16(22)13-1-5-18-6-2-13;3-2(4,5)1(6)7/h1-3,5-6,8,10H,4,7,9,11-12H2;(H,6,7). The highest BCUT2D eigenvalue weighted by atomic mass is 32.1. The van der Waals surface area contributed by atoms with E-state index in [4.69, 9.17) is 9.90 Å². The lowest BCUT2D eigenvalue weighted by Gasteiger charge is -2.23. The number of anilines is 1. The summed E-state index contributed by atoms with van der Waals surface area (Å²) in [5, 5.41) is 11.1. The molecule has 0 aliphatic carbocycles. The molecule has 30 heavy (non-hydrogen) atoms. The van der Waals surface area contributed by atoms with Crippen molar-refractivity contribution in [2.45, 2.75) is 19.0 Å². The van der Waals surface area contributed by atoms with Crippen molar-refractivity contribution in [2.24, 2.45) is 5.41 Å². The van der Waals surface area contributed by atoms with Gasteiger partial charge in [-0.2, -0.15) is 24.5 Å². The molecule has 4 rings (SSSR count). The molecule has 2 aromatic heterocycles. The highest BCUT2D eigenvalue weighted by Gasteiger charge is 2.48. The monoisotopic (exact) mass is 441 g/mol. The summed E-state index contributed by atoms with van der Waals surface area (Å²) in [5.41, 5.74) is 1.55. The topological polar surface area (TPSA) is 90.8 Å². The van der Waals surface area contributed by atoms with Gasteiger partial charge in [0.1, 0.15) is 0 Å². The highest BCUT2D eigenvalue weighted by Crippen LogP contribution is 2.42. The van der Waals surface area contributed by atoms with Crippen LogP contribution in [0.25, 0.3) is 0 Å². The van der Waals surface area contributed by atoms with E-state index in [9.17, 15) is 22.8 Å². The molecular weight excluding hydrogens is 423 g/mol. The number of pyridine rings is 1. The van der Waals surface area contributed by atoms with Crippen molar-refractivity contribution in [3.05, 3.63) is 46.9 Å². The smallest absolute Gasteiger partial charge is 0.475 e. The van der Waals surface area contributed by atoms with Gasteiger partial charge in [-0.3, -0.25) is 14.6 Å². The number of carboxylic acids is 1. The molecule has 0 aromatic carbocycles. The quantitative estimate of drug-likeness (QED) is 0.774. The number of carbonyl (C=O) groups is 3. The lowest BCUT2D eigenvalue weighted by molar-refractivity contribution is -0.192. The molecule has 2 amide bonds. The van der Waals surface area contributed by atoms with Gasteiger partial charge in [0, 0.05) is 54.8 Å². The summed E-state index contributed by atoms with van der Waals surface area (Å²) in [6, 6.07) is 5.46. The molecule has 0 radical (unpaired) electrons. The SMILES string of the molecule is O=C(O)C(F)(F)F.O=C(c1ccncc1)N1CCC2(CC(=O)N(c3ccsc3)C2)C1. The Labute approximate surface area is 173 Å². The largest absolute Gasteiger partial charge is 0.490 e. The number of carbonyl (C=O) groups excluding carboxylic acids is 2. The van der Waals surface area contributed by atoms with Crippen LogP contribution in [0.4, 0.5) is 18.9 Å². The van der Waals surface area contributed by atoms with E-state index in [1.165, 1.54) is 0 Å². The molecule has 2 aromatic rings. The molecule has 0 bridgehead atoms. The van der Waals surface area contributed by atoms with E-state index in [1.54, 1.807) is 35.9 Å². The van der Waals surface area contributed by atoms with Crippen LogP contribution >= 0.6 is 11.3 Å². The number of likely N-dealkylation sites (tertiary alicyclic amines) is 1. The minimum atomic E-state index is -5.08. The van der Waals surface area contributed by atoms with Gasteiger partial charge in [0.2, 0.25) is 5.91 Å². The number of amides is 2. The molecule has 2 aliphatic heterocycles. The van der Waals surface area contributed by atoms with Gasteiger partial charge in [-0.15, -0.1) is 0 Å². The van der Waals surface area contributed by atoms with Crippen molar-refractivity contribution >= 4 is 34.8 Å². The summed E-state index contributed by atoms with van der Waals surface area (Å²) in [6.45, 7) is 2.08. The summed E-state index contributed by atoms with van der Waals surface area (Å²) in [4.78, 5) is 41.6. The molecule has 1 spiro atoms. The number of nitrogens with zero attached hydrogens (tertiary/aromatic N) is 3. The number of hydrogen-bond donors (Lipinski definition) is 1. The van der Waals surface area contributed by atoms with E-state index in [0.717, 1.165) is 12.1 Å². The van der Waals surface area contributed by atoms with Crippen LogP contribution < -0.4 is 4.90 Å². The molecule has 1 N–H and O–H groups in total. The Balaban J connectivity index is 0.000000318. The maximum absolute atomic E-state index is 12.6. The van der Waals surface area contributed by atoms with Gasteiger partial charge in [0.25, 0.3) is 5.91 Å². The Morgan fingerprint density at radius 3 is 2.40 bits per heavy atom. The number of aromatic nitrogens is 1. The van der Waals surface area contributed by atoms with Gasteiger partial charge in [0.15, 0.2) is 0 Å². The Morgan fingerprint density at radius 1 is 1.17 bits per heavy atom. The van der Waals surface area contributed by atoms with Crippen LogP contribution in [0.15, 0.2) is 41.4 Å². The summed E-state index contributed by atoms with van der Waals surface area (Å²) < 4.78 is 31.7. The van der Waals surface area contributed by atoms with Crippen LogP contribution in [0.2, 0.25) is 0 Å². The number of thiophene rings is 1. The minimum absolute atomic E-state index is 0.0331. The van der Waals surface area contributed by atoms with E-state index < -0.39 is 12.1 Å². The molecule has 160 valence electrons. The fraction of sp³-hybridized carbons (Fsp3) is 0.368. The second-order valence-corrected chi connectivity index (χ2v) is 7.93. The van der Waals surface area contributed by atoms with Crippen LogP contribution in [-0.4, -0.2) is 58.6 Å². The lowest BCUT2D eigenvalue weighted by atomic mass is 9.86. The van der Waals surface area contributed by atoms with E-state index in [1.807, 2.05) is 26.6 Å². The summed E-state index contributed by atoms with van der Waals surface area (Å²) >= 11 is 1.60. The van der Waals surface area contributed by atoms with Gasteiger partial charge in [0.05, 0.1) is 5.69 Å². The second-order valence-electron chi connectivity index (χ2n) is 7.15. The molecule has 1 atom stereocenters. The Morgan fingerprint density at radius 2 is 1.83 bits per heavy atom. The number of aliphatic carboxylic acids is 1. The minimum Gasteiger partial charge on any atom is -0.475 e. The third-order valence-electron chi connectivity index (χ3n) is 5.03. The average Bonchev–Trinajstić information content (AvgIpc) is 3.42. The van der Waals surface area contributed by atoms with Crippen LogP contribution in [0.3, 0.4) is 0 Å². The van der Waals surface area contributed by atoms with Gasteiger partial charge in [-0.25, -0.2) is 4.79 Å².